The van der Waals surface area contributed by atoms with Crippen LogP contribution < -0.4 is 0 Å². The van der Waals surface area contributed by atoms with E-state index in [2.05, 4.69) is 12.6 Å². The number of aliphatic hydroxyl groups excluding tert-OH is 5. The predicted octanol–water partition coefficient (Wildman–Crippen LogP) is -2.65. The van der Waals surface area contributed by atoms with Gasteiger partial charge in [-0.3, -0.25) is 0 Å². The first kappa shape index (κ1) is 12.2. The Balaban J connectivity index is 3.99. The summed E-state index contributed by atoms with van der Waals surface area (Å²) in [7, 11) is 0. The van der Waals surface area contributed by atoms with Crippen molar-refractivity contribution in [1.82, 2.24) is 0 Å². The molecule has 0 rings (SSSR count). The minimum Gasteiger partial charge on any atom is -0.394 e. The van der Waals surface area contributed by atoms with E-state index in [1.807, 2.05) is 0 Å². The van der Waals surface area contributed by atoms with Gasteiger partial charge in [-0.15, -0.1) is 0 Å². The third kappa shape index (κ3) is 3.26. The zero-order valence-electron chi connectivity index (χ0n) is 6.41. The molecule has 0 saturated carbocycles. The summed E-state index contributed by atoms with van der Waals surface area (Å²) in [4.78, 5) is 0. The molecule has 0 spiro atoms. The molecule has 0 aliphatic carbocycles. The fraction of sp³-hybridized carbons (Fsp3) is 1.00. The van der Waals surface area contributed by atoms with E-state index >= 15 is 0 Å². The van der Waals surface area contributed by atoms with Gasteiger partial charge in [-0.25, -0.2) is 0 Å². The van der Waals surface area contributed by atoms with Crippen molar-refractivity contribution in [2.75, 3.05) is 12.4 Å². The van der Waals surface area contributed by atoms with Crippen LogP contribution in [0.2, 0.25) is 0 Å². The Morgan fingerprint density at radius 2 is 1.33 bits per heavy atom. The summed E-state index contributed by atoms with van der Waals surface area (Å²) in [6.45, 7) is -0.669. The molecule has 0 saturated heterocycles. The lowest BCUT2D eigenvalue weighted by Gasteiger charge is -2.24. The first-order chi connectivity index (χ1) is 5.54. The largest absolute Gasteiger partial charge is 0.394 e. The van der Waals surface area contributed by atoms with Crippen LogP contribution >= 0.6 is 12.6 Å². The lowest BCUT2D eigenvalue weighted by atomic mass is 10.0. The highest BCUT2D eigenvalue weighted by Crippen LogP contribution is 2.05. The average molecular weight is 198 g/mol. The molecule has 0 aromatic heterocycles. The van der Waals surface area contributed by atoms with Crippen LogP contribution in [0, 0.1) is 0 Å². The molecule has 0 unspecified atom stereocenters. The van der Waals surface area contributed by atoms with E-state index in [9.17, 15) is 0 Å². The molecule has 5 N–H and O–H groups in total. The van der Waals surface area contributed by atoms with Gasteiger partial charge in [-0.05, 0) is 0 Å². The van der Waals surface area contributed by atoms with Crippen molar-refractivity contribution in [2.24, 2.45) is 0 Å². The van der Waals surface area contributed by atoms with Crippen molar-refractivity contribution in [3.05, 3.63) is 0 Å². The fourth-order valence-electron chi connectivity index (χ4n) is 0.671. The molecule has 0 aliphatic heterocycles. The first-order valence-corrected chi connectivity index (χ1v) is 4.11. The van der Waals surface area contributed by atoms with Gasteiger partial charge in [-0.2, -0.15) is 12.6 Å². The standard InChI is InChI=1S/C6H14O5S/c7-1-3(8)5(10)6(11)4(9)2-12/h3-12H,1-2H2/t3-,4+,5-,6-/m0/s1. The predicted molar refractivity (Wildman–Crippen MR) is 45.0 cm³/mol. The summed E-state index contributed by atoms with van der Waals surface area (Å²) in [5.41, 5.74) is 0. The molecule has 12 heavy (non-hydrogen) atoms. The van der Waals surface area contributed by atoms with Gasteiger partial charge in [0, 0.05) is 5.75 Å². The van der Waals surface area contributed by atoms with Crippen LogP contribution in [0.15, 0.2) is 0 Å². The molecule has 0 aliphatic rings. The number of hydrogen-bond acceptors (Lipinski definition) is 6. The maximum Gasteiger partial charge on any atom is 0.111 e. The Morgan fingerprint density at radius 1 is 0.917 bits per heavy atom. The van der Waals surface area contributed by atoms with Gasteiger partial charge in [-0.1, -0.05) is 0 Å². The van der Waals surface area contributed by atoms with Gasteiger partial charge >= 0.3 is 0 Å². The molecule has 0 bridgehead atoms. The lowest BCUT2D eigenvalue weighted by Crippen LogP contribution is -2.46. The van der Waals surface area contributed by atoms with E-state index < -0.39 is 31.0 Å². The smallest absolute Gasteiger partial charge is 0.111 e. The number of rotatable bonds is 5. The van der Waals surface area contributed by atoms with Gasteiger partial charge in [0.15, 0.2) is 0 Å². The van der Waals surface area contributed by atoms with Crippen LogP contribution in [0.1, 0.15) is 0 Å². The topological polar surface area (TPSA) is 101 Å². The van der Waals surface area contributed by atoms with Crippen LogP contribution in [0.4, 0.5) is 0 Å². The van der Waals surface area contributed by atoms with E-state index in [1.165, 1.54) is 0 Å². The third-order valence-corrected chi connectivity index (χ3v) is 1.89. The van der Waals surface area contributed by atoms with Crippen LogP contribution in [0.25, 0.3) is 0 Å². The second-order valence-corrected chi connectivity index (χ2v) is 2.85. The van der Waals surface area contributed by atoms with Crippen molar-refractivity contribution in [3.8, 4) is 0 Å². The van der Waals surface area contributed by atoms with E-state index in [1.54, 1.807) is 0 Å². The molecular formula is C6H14O5S. The van der Waals surface area contributed by atoms with E-state index in [4.69, 9.17) is 25.5 Å². The summed E-state index contributed by atoms with van der Waals surface area (Å²) in [6, 6.07) is 0. The van der Waals surface area contributed by atoms with Crippen LogP contribution in [-0.2, 0) is 0 Å². The molecule has 0 radical (unpaired) electrons. The third-order valence-electron chi connectivity index (χ3n) is 1.51. The highest BCUT2D eigenvalue weighted by molar-refractivity contribution is 7.80. The second-order valence-electron chi connectivity index (χ2n) is 2.48. The summed E-state index contributed by atoms with van der Waals surface area (Å²) in [5.74, 6) is -0.0314. The Hall–Kier alpha value is 0.150. The van der Waals surface area contributed by atoms with Crippen LogP contribution in [0.3, 0.4) is 0 Å². The molecule has 0 fully saturated rings. The number of aliphatic hydroxyl groups is 5. The van der Waals surface area contributed by atoms with Crippen molar-refractivity contribution < 1.29 is 25.5 Å². The molecule has 0 aromatic carbocycles. The number of hydrogen-bond donors (Lipinski definition) is 6. The van der Waals surface area contributed by atoms with Crippen molar-refractivity contribution in [2.45, 2.75) is 24.4 Å². The minimum absolute atomic E-state index is 0.0314. The zero-order chi connectivity index (χ0) is 9.72. The molecule has 5 nitrogen and oxygen atoms in total. The van der Waals surface area contributed by atoms with Gasteiger partial charge in [0.05, 0.1) is 12.7 Å². The summed E-state index contributed by atoms with van der Waals surface area (Å²) in [5, 5.41) is 44.3. The Labute approximate surface area is 75.7 Å². The van der Waals surface area contributed by atoms with Gasteiger partial charge in [0.25, 0.3) is 0 Å². The Morgan fingerprint density at radius 3 is 1.67 bits per heavy atom. The molecule has 0 aromatic rings. The molecule has 0 amide bonds. The maximum absolute atomic E-state index is 9.07. The highest BCUT2D eigenvalue weighted by Gasteiger charge is 2.28. The quantitative estimate of drug-likeness (QED) is 0.271. The van der Waals surface area contributed by atoms with Crippen molar-refractivity contribution in [1.29, 1.82) is 0 Å². The zero-order valence-corrected chi connectivity index (χ0v) is 7.30. The Kier molecular flexibility index (Phi) is 5.81. The van der Waals surface area contributed by atoms with E-state index in [-0.39, 0.29) is 5.75 Å². The van der Waals surface area contributed by atoms with Gasteiger partial charge < -0.3 is 25.5 Å². The molecule has 4 atom stereocenters. The average Bonchev–Trinajstić information content (AvgIpc) is 2.12. The van der Waals surface area contributed by atoms with Crippen molar-refractivity contribution >= 4 is 12.6 Å². The molecule has 0 heterocycles. The molecular weight excluding hydrogens is 184 g/mol. The van der Waals surface area contributed by atoms with Crippen LogP contribution in [0.5, 0.6) is 0 Å². The molecule has 6 heteroatoms. The second kappa shape index (κ2) is 5.74. The maximum atomic E-state index is 9.07. The van der Waals surface area contributed by atoms with Gasteiger partial charge in [0.1, 0.15) is 18.3 Å². The highest BCUT2D eigenvalue weighted by atomic mass is 32.1. The van der Waals surface area contributed by atoms with Gasteiger partial charge in [0.2, 0.25) is 0 Å². The lowest BCUT2D eigenvalue weighted by molar-refractivity contribution is -0.109. The van der Waals surface area contributed by atoms with Crippen molar-refractivity contribution in [3.63, 3.8) is 0 Å². The summed E-state index contributed by atoms with van der Waals surface area (Å²) >= 11 is 3.68. The summed E-state index contributed by atoms with van der Waals surface area (Å²) < 4.78 is 0. The van der Waals surface area contributed by atoms with Crippen LogP contribution in [-0.4, -0.2) is 62.3 Å². The minimum atomic E-state index is -1.56. The Bertz CT molecular complexity index is 109. The van der Waals surface area contributed by atoms with E-state index in [0.29, 0.717) is 0 Å². The number of thiol groups is 1. The fourth-order valence-corrected chi connectivity index (χ4v) is 0.887. The molecule has 74 valence electrons. The normalized spacial score (nSPS) is 21.5. The monoisotopic (exact) mass is 198 g/mol. The SMILES string of the molecule is OC[C@H](O)[C@H](O)[C@@H](O)[C@H](O)CS. The van der Waals surface area contributed by atoms with E-state index in [0.717, 1.165) is 0 Å². The summed E-state index contributed by atoms with van der Waals surface area (Å²) in [6.07, 6.45) is -5.72. The first-order valence-electron chi connectivity index (χ1n) is 3.48.